The van der Waals surface area contributed by atoms with Gasteiger partial charge >= 0.3 is 6.03 Å². The van der Waals surface area contributed by atoms with Crippen molar-refractivity contribution in [2.45, 2.75) is 25.2 Å². The molecule has 21 heavy (non-hydrogen) atoms. The first kappa shape index (κ1) is 15.1. The highest BCUT2D eigenvalue weighted by atomic mass is 16.7. The van der Waals surface area contributed by atoms with Crippen molar-refractivity contribution in [3.05, 3.63) is 54.1 Å². The van der Waals surface area contributed by atoms with Gasteiger partial charge in [-0.05, 0) is 17.9 Å². The van der Waals surface area contributed by atoms with Crippen LogP contribution in [0.15, 0.2) is 42.9 Å². The molecule has 0 radical (unpaired) electrons. The Labute approximate surface area is 123 Å². The number of nitrogens with two attached hydrogens (primary N) is 1. The second kappa shape index (κ2) is 7.44. The van der Waals surface area contributed by atoms with Gasteiger partial charge in [0.1, 0.15) is 0 Å². The highest BCUT2D eigenvalue weighted by molar-refractivity contribution is 5.70. The lowest BCUT2D eigenvalue weighted by Gasteiger charge is -2.23. The second-order valence-corrected chi connectivity index (χ2v) is 4.92. The van der Waals surface area contributed by atoms with E-state index >= 15 is 0 Å². The number of nitrogens with zero attached hydrogens (tertiary/aromatic N) is 1. The molecule has 0 saturated carbocycles. The topological polar surface area (TPSA) is 93.0 Å². The van der Waals surface area contributed by atoms with Crippen LogP contribution in [0.2, 0.25) is 0 Å². The smallest absolute Gasteiger partial charge is 0.336 e. The molecule has 0 aliphatic rings. The third-order valence-electron chi connectivity index (χ3n) is 3.55. The highest BCUT2D eigenvalue weighted by Crippen LogP contribution is 2.34. The number of rotatable bonds is 7. The van der Waals surface area contributed by atoms with Crippen LogP contribution in [0.1, 0.15) is 36.4 Å². The van der Waals surface area contributed by atoms with Gasteiger partial charge < -0.3 is 10.7 Å². The largest absolute Gasteiger partial charge is 0.350 e. The number of benzene rings is 1. The lowest BCUT2D eigenvalue weighted by molar-refractivity contribution is 0.0583. The molecule has 2 rings (SSSR count). The lowest BCUT2D eigenvalue weighted by Crippen LogP contribution is -2.30. The molecule has 6 heteroatoms. The third-order valence-corrected chi connectivity index (χ3v) is 3.55. The number of aromatic nitrogens is 2. The minimum absolute atomic E-state index is 0.213. The number of H-pyrrole nitrogens is 1. The fourth-order valence-electron chi connectivity index (χ4n) is 2.44. The van der Waals surface area contributed by atoms with E-state index in [1.165, 1.54) is 5.56 Å². The molecule has 1 heterocycles. The quantitative estimate of drug-likeness (QED) is 0.539. The van der Waals surface area contributed by atoms with E-state index in [4.69, 9.17) is 10.6 Å². The van der Waals surface area contributed by atoms with Gasteiger partial charge in [-0.3, -0.25) is 4.84 Å². The maximum atomic E-state index is 10.6. The predicted molar refractivity (Wildman–Crippen MR) is 79.5 cm³/mol. The molecule has 4 N–H and O–H groups in total. The molecule has 0 aliphatic carbocycles. The highest BCUT2D eigenvalue weighted by Gasteiger charge is 2.22. The van der Waals surface area contributed by atoms with Crippen LogP contribution in [-0.2, 0) is 4.84 Å². The van der Waals surface area contributed by atoms with Gasteiger partial charge in [-0.1, -0.05) is 37.3 Å². The van der Waals surface area contributed by atoms with E-state index < -0.39 is 6.03 Å². The molecule has 0 spiro atoms. The van der Waals surface area contributed by atoms with Crippen LogP contribution in [0.25, 0.3) is 0 Å². The van der Waals surface area contributed by atoms with Crippen LogP contribution in [0.3, 0.4) is 0 Å². The van der Waals surface area contributed by atoms with Crippen molar-refractivity contribution in [1.29, 1.82) is 0 Å². The Morgan fingerprint density at radius 3 is 2.81 bits per heavy atom. The maximum absolute atomic E-state index is 10.6. The van der Waals surface area contributed by atoms with Crippen LogP contribution in [0.4, 0.5) is 4.79 Å². The Morgan fingerprint density at radius 2 is 2.19 bits per heavy atom. The van der Waals surface area contributed by atoms with Crippen molar-refractivity contribution < 1.29 is 9.63 Å². The number of urea groups is 1. The van der Waals surface area contributed by atoms with E-state index in [0.717, 1.165) is 12.1 Å². The fraction of sp³-hybridized carbons (Fsp3) is 0.333. The van der Waals surface area contributed by atoms with Crippen molar-refractivity contribution in [3.8, 4) is 0 Å². The second-order valence-electron chi connectivity index (χ2n) is 4.92. The molecule has 0 saturated heterocycles. The Balaban J connectivity index is 2.04. The summed E-state index contributed by atoms with van der Waals surface area (Å²) in [7, 11) is 0. The molecule has 2 unspecified atom stereocenters. The van der Waals surface area contributed by atoms with Gasteiger partial charge in [-0.15, -0.1) is 0 Å². The van der Waals surface area contributed by atoms with Crippen LogP contribution in [0, 0.1) is 0 Å². The molecule has 2 atom stereocenters. The van der Waals surface area contributed by atoms with E-state index in [0.29, 0.717) is 12.5 Å². The standard InChI is InChI=1S/C15H20N4O2/c1-11(12-5-3-2-4-6-12)13(14-9-17-10-18-14)7-8-21-19-15(16)20/h2-6,9-11,13H,7-8H2,1H3,(H,17,18)(H3,16,19,20). The average molecular weight is 288 g/mol. The van der Waals surface area contributed by atoms with Crippen LogP contribution in [0.5, 0.6) is 0 Å². The van der Waals surface area contributed by atoms with E-state index in [2.05, 4.69) is 34.5 Å². The first-order chi connectivity index (χ1) is 10.2. The number of primary amides is 1. The van der Waals surface area contributed by atoms with Crippen LogP contribution < -0.4 is 11.2 Å². The van der Waals surface area contributed by atoms with Gasteiger partial charge in [-0.25, -0.2) is 15.3 Å². The van der Waals surface area contributed by atoms with Gasteiger partial charge in [-0.2, -0.15) is 0 Å². The van der Waals surface area contributed by atoms with E-state index in [1.54, 1.807) is 6.33 Å². The summed E-state index contributed by atoms with van der Waals surface area (Å²) in [6.45, 7) is 2.55. The zero-order valence-electron chi connectivity index (χ0n) is 12.0. The van der Waals surface area contributed by atoms with Crippen molar-refractivity contribution in [2.24, 2.45) is 5.73 Å². The first-order valence-corrected chi connectivity index (χ1v) is 6.89. The zero-order chi connectivity index (χ0) is 15.1. The number of hydrogen-bond acceptors (Lipinski definition) is 3. The molecule has 2 aromatic rings. The summed E-state index contributed by atoms with van der Waals surface area (Å²) in [5, 5.41) is 0. The molecule has 2 amide bonds. The van der Waals surface area contributed by atoms with E-state index in [9.17, 15) is 4.79 Å². The average Bonchev–Trinajstić information content (AvgIpc) is 3.01. The van der Waals surface area contributed by atoms with Gasteiger partial charge in [0.2, 0.25) is 0 Å². The van der Waals surface area contributed by atoms with Crippen LogP contribution in [-0.4, -0.2) is 22.6 Å². The maximum Gasteiger partial charge on any atom is 0.336 e. The normalized spacial score (nSPS) is 13.6. The Morgan fingerprint density at radius 1 is 1.43 bits per heavy atom. The number of amides is 2. The molecular formula is C15H20N4O2. The number of imidazole rings is 1. The number of nitrogens with one attached hydrogen (secondary N) is 2. The van der Waals surface area contributed by atoms with Crippen molar-refractivity contribution in [3.63, 3.8) is 0 Å². The minimum Gasteiger partial charge on any atom is -0.350 e. The summed E-state index contributed by atoms with van der Waals surface area (Å²) in [5.74, 6) is 0.508. The molecule has 1 aromatic carbocycles. The summed E-state index contributed by atoms with van der Waals surface area (Å²) in [6, 6.07) is 9.58. The SMILES string of the molecule is CC(c1ccccc1)C(CCONC(N)=O)c1cnc[nH]1. The molecule has 112 valence electrons. The van der Waals surface area contributed by atoms with Gasteiger partial charge in [0.25, 0.3) is 0 Å². The zero-order valence-corrected chi connectivity index (χ0v) is 12.0. The summed E-state index contributed by atoms with van der Waals surface area (Å²) < 4.78 is 0. The van der Waals surface area contributed by atoms with Crippen molar-refractivity contribution in [1.82, 2.24) is 15.4 Å². The molecule has 0 fully saturated rings. The third kappa shape index (κ3) is 4.32. The Hall–Kier alpha value is -2.34. The molecule has 0 aliphatic heterocycles. The monoisotopic (exact) mass is 288 g/mol. The number of hydrogen-bond donors (Lipinski definition) is 3. The summed E-state index contributed by atoms with van der Waals surface area (Å²) in [5.41, 5.74) is 9.40. The Bertz CT molecular complexity index is 542. The van der Waals surface area contributed by atoms with Gasteiger partial charge in [0, 0.05) is 17.8 Å². The summed E-state index contributed by atoms with van der Waals surface area (Å²) in [6.07, 6.45) is 4.23. The van der Waals surface area contributed by atoms with Gasteiger partial charge in [0.15, 0.2) is 0 Å². The number of hydroxylamine groups is 1. The first-order valence-electron chi connectivity index (χ1n) is 6.89. The predicted octanol–water partition coefficient (Wildman–Crippen LogP) is 2.29. The number of carbonyl (C=O) groups is 1. The molecular weight excluding hydrogens is 268 g/mol. The summed E-state index contributed by atoms with van der Waals surface area (Å²) in [4.78, 5) is 22.9. The Kier molecular flexibility index (Phi) is 5.34. The molecule has 1 aromatic heterocycles. The van der Waals surface area contributed by atoms with Crippen molar-refractivity contribution >= 4 is 6.03 Å². The molecule has 6 nitrogen and oxygen atoms in total. The van der Waals surface area contributed by atoms with Crippen LogP contribution >= 0.6 is 0 Å². The van der Waals surface area contributed by atoms with Crippen molar-refractivity contribution in [2.75, 3.05) is 6.61 Å². The van der Waals surface area contributed by atoms with E-state index in [-0.39, 0.29) is 5.92 Å². The number of carbonyl (C=O) groups excluding carboxylic acids is 1. The summed E-state index contributed by atoms with van der Waals surface area (Å²) >= 11 is 0. The van der Waals surface area contributed by atoms with E-state index in [1.807, 2.05) is 24.4 Å². The fourth-order valence-corrected chi connectivity index (χ4v) is 2.44. The number of aromatic amines is 1. The molecule has 0 bridgehead atoms. The minimum atomic E-state index is -0.691. The lowest BCUT2D eigenvalue weighted by atomic mass is 9.83. The van der Waals surface area contributed by atoms with Gasteiger partial charge in [0.05, 0.1) is 12.9 Å².